The second-order valence-corrected chi connectivity index (χ2v) is 2.36. The van der Waals surface area contributed by atoms with Crippen LogP contribution >= 0.6 is 0 Å². The molecule has 0 amide bonds. The van der Waals surface area contributed by atoms with Crippen molar-refractivity contribution in [3.63, 3.8) is 0 Å². The minimum Gasteiger partial charge on any atom is -0.396 e. The van der Waals surface area contributed by atoms with Crippen LogP contribution in [-0.4, -0.2) is 23.4 Å². The average Bonchev–Trinajstić information content (AvgIpc) is 2.62. The molecule has 0 heterocycles. The molecule has 0 fully saturated rings. The van der Waals surface area contributed by atoms with E-state index in [0.717, 1.165) is 12.8 Å². The van der Waals surface area contributed by atoms with Crippen LogP contribution in [0.15, 0.2) is 11.6 Å². The molecule has 0 aromatic heterocycles. The third-order valence-corrected chi connectivity index (χ3v) is 1.60. The smallest absolute Gasteiger partial charge is 0.0531 e. The Kier molecular flexibility index (Phi) is 2.25. The molecule has 1 atom stereocenters. The Balaban J connectivity index is 1.98. The van der Waals surface area contributed by atoms with Gasteiger partial charge in [0.2, 0.25) is 0 Å². The number of aliphatic hydroxyl groups excluding tert-OH is 2. The highest BCUT2D eigenvalue weighted by molar-refractivity contribution is 5.28. The standard InChI is InChI=1S/C7H12O2/c8-3-1-2-6-4-7(6)5-9/h4,7-9H,1-3,5H2/t7-/m0/s1. The van der Waals surface area contributed by atoms with Gasteiger partial charge in [0.15, 0.2) is 0 Å². The quantitative estimate of drug-likeness (QED) is 0.535. The fraction of sp³-hybridized carbons (Fsp3) is 0.714. The summed E-state index contributed by atoms with van der Waals surface area (Å²) in [4.78, 5) is 0. The summed E-state index contributed by atoms with van der Waals surface area (Å²) in [7, 11) is 0. The maximum Gasteiger partial charge on any atom is 0.0531 e. The van der Waals surface area contributed by atoms with Crippen LogP contribution in [0, 0.1) is 5.92 Å². The molecule has 0 aromatic carbocycles. The fourth-order valence-electron chi connectivity index (χ4n) is 0.932. The topological polar surface area (TPSA) is 40.5 Å². The van der Waals surface area contributed by atoms with Crippen molar-refractivity contribution in [1.82, 2.24) is 0 Å². The molecule has 1 aliphatic rings. The monoisotopic (exact) mass is 128 g/mol. The van der Waals surface area contributed by atoms with E-state index in [1.165, 1.54) is 5.57 Å². The van der Waals surface area contributed by atoms with Gasteiger partial charge in [-0.1, -0.05) is 11.6 Å². The molecule has 2 N–H and O–H groups in total. The van der Waals surface area contributed by atoms with Gasteiger partial charge in [-0.25, -0.2) is 0 Å². The van der Waals surface area contributed by atoms with E-state index in [2.05, 4.69) is 6.08 Å². The van der Waals surface area contributed by atoms with E-state index in [1.54, 1.807) is 0 Å². The van der Waals surface area contributed by atoms with Crippen LogP contribution in [-0.2, 0) is 0 Å². The molecule has 9 heavy (non-hydrogen) atoms. The predicted molar refractivity (Wildman–Crippen MR) is 35.0 cm³/mol. The molecule has 0 saturated carbocycles. The lowest BCUT2D eigenvalue weighted by molar-refractivity contribution is 0.275. The first-order valence-electron chi connectivity index (χ1n) is 3.30. The zero-order valence-electron chi connectivity index (χ0n) is 5.38. The molecular weight excluding hydrogens is 116 g/mol. The first-order chi connectivity index (χ1) is 4.38. The van der Waals surface area contributed by atoms with Crippen molar-refractivity contribution in [2.45, 2.75) is 12.8 Å². The number of rotatable bonds is 4. The highest BCUT2D eigenvalue weighted by Crippen LogP contribution is 2.31. The molecule has 0 radical (unpaired) electrons. The Morgan fingerprint density at radius 1 is 1.44 bits per heavy atom. The van der Waals surface area contributed by atoms with Crippen LogP contribution < -0.4 is 0 Å². The van der Waals surface area contributed by atoms with E-state index < -0.39 is 0 Å². The maximum absolute atomic E-state index is 8.56. The Hall–Kier alpha value is -0.340. The Morgan fingerprint density at radius 2 is 2.22 bits per heavy atom. The molecule has 2 heteroatoms. The first-order valence-corrected chi connectivity index (χ1v) is 3.30. The molecule has 52 valence electrons. The second-order valence-electron chi connectivity index (χ2n) is 2.36. The summed E-state index contributed by atoms with van der Waals surface area (Å²) < 4.78 is 0. The predicted octanol–water partition coefficient (Wildman–Crippen LogP) is 0.307. The van der Waals surface area contributed by atoms with E-state index >= 15 is 0 Å². The van der Waals surface area contributed by atoms with Crippen LogP contribution in [0.2, 0.25) is 0 Å². The third-order valence-electron chi connectivity index (χ3n) is 1.60. The molecule has 0 aliphatic heterocycles. The lowest BCUT2D eigenvalue weighted by atomic mass is 10.2. The summed E-state index contributed by atoms with van der Waals surface area (Å²) in [5.41, 5.74) is 1.31. The van der Waals surface area contributed by atoms with E-state index in [4.69, 9.17) is 10.2 Å². The van der Waals surface area contributed by atoms with Gasteiger partial charge in [-0.05, 0) is 12.8 Å². The van der Waals surface area contributed by atoms with E-state index in [1.807, 2.05) is 0 Å². The SMILES string of the molecule is OCCCC1=C[C@H]1CO. The molecular formula is C7H12O2. The summed E-state index contributed by atoms with van der Waals surface area (Å²) in [6.07, 6.45) is 3.85. The van der Waals surface area contributed by atoms with Gasteiger partial charge in [0.1, 0.15) is 0 Å². The second kappa shape index (κ2) is 2.99. The lowest BCUT2D eigenvalue weighted by Gasteiger charge is -1.92. The van der Waals surface area contributed by atoms with Gasteiger partial charge in [0, 0.05) is 12.5 Å². The zero-order chi connectivity index (χ0) is 6.69. The van der Waals surface area contributed by atoms with E-state index in [-0.39, 0.29) is 13.2 Å². The Bertz CT molecular complexity index is 118. The third kappa shape index (κ3) is 1.80. The number of aliphatic hydroxyl groups is 2. The van der Waals surface area contributed by atoms with Crippen LogP contribution in [0.25, 0.3) is 0 Å². The minimum absolute atomic E-state index is 0.251. The summed E-state index contributed by atoms with van der Waals surface area (Å²) >= 11 is 0. The van der Waals surface area contributed by atoms with Crippen LogP contribution in [0.3, 0.4) is 0 Å². The van der Waals surface area contributed by atoms with Gasteiger partial charge < -0.3 is 10.2 Å². The molecule has 2 nitrogen and oxygen atoms in total. The van der Waals surface area contributed by atoms with Crippen molar-refractivity contribution in [2.75, 3.05) is 13.2 Å². The molecule has 0 unspecified atom stereocenters. The van der Waals surface area contributed by atoms with Crippen LogP contribution in [0.5, 0.6) is 0 Å². The normalized spacial score (nSPS) is 23.8. The molecule has 0 aromatic rings. The van der Waals surface area contributed by atoms with Gasteiger partial charge in [0.05, 0.1) is 6.61 Å². The fourth-order valence-corrected chi connectivity index (χ4v) is 0.932. The molecule has 0 spiro atoms. The van der Waals surface area contributed by atoms with Gasteiger partial charge in [-0.3, -0.25) is 0 Å². The highest BCUT2D eigenvalue weighted by Gasteiger charge is 2.21. The lowest BCUT2D eigenvalue weighted by Crippen LogP contribution is -1.89. The van der Waals surface area contributed by atoms with Crippen LogP contribution in [0.1, 0.15) is 12.8 Å². The van der Waals surface area contributed by atoms with Gasteiger partial charge >= 0.3 is 0 Å². The largest absolute Gasteiger partial charge is 0.396 e. The van der Waals surface area contributed by atoms with Crippen molar-refractivity contribution in [2.24, 2.45) is 5.92 Å². The minimum atomic E-state index is 0.251. The van der Waals surface area contributed by atoms with Crippen molar-refractivity contribution in [3.8, 4) is 0 Å². The Morgan fingerprint density at radius 3 is 2.67 bits per heavy atom. The first kappa shape index (κ1) is 6.78. The summed E-state index contributed by atoms with van der Waals surface area (Å²) in [6.45, 7) is 0.510. The van der Waals surface area contributed by atoms with Gasteiger partial charge in [-0.15, -0.1) is 0 Å². The van der Waals surface area contributed by atoms with Crippen molar-refractivity contribution >= 4 is 0 Å². The zero-order valence-corrected chi connectivity index (χ0v) is 5.38. The van der Waals surface area contributed by atoms with Crippen LogP contribution in [0.4, 0.5) is 0 Å². The molecule has 0 saturated heterocycles. The molecule has 1 aliphatic carbocycles. The average molecular weight is 128 g/mol. The Labute approximate surface area is 54.8 Å². The summed E-state index contributed by atoms with van der Waals surface area (Å²) in [5.74, 6) is 0.358. The van der Waals surface area contributed by atoms with Crippen molar-refractivity contribution in [1.29, 1.82) is 0 Å². The van der Waals surface area contributed by atoms with Gasteiger partial charge in [-0.2, -0.15) is 0 Å². The molecule has 1 rings (SSSR count). The molecule has 0 bridgehead atoms. The van der Waals surface area contributed by atoms with Crippen molar-refractivity contribution < 1.29 is 10.2 Å². The highest BCUT2D eigenvalue weighted by atomic mass is 16.3. The number of hydrogen-bond donors (Lipinski definition) is 2. The maximum atomic E-state index is 8.56. The van der Waals surface area contributed by atoms with Gasteiger partial charge in [0.25, 0.3) is 0 Å². The van der Waals surface area contributed by atoms with E-state index in [0.29, 0.717) is 5.92 Å². The summed E-state index contributed by atoms with van der Waals surface area (Å²) in [6, 6.07) is 0. The van der Waals surface area contributed by atoms with E-state index in [9.17, 15) is 0 Å². The van der Waals surface area contributed by atoms with Crippen molar-refractivity contribution in [3.05, 3.63) is 11.6 Å². The summed E-state index contributed by atoms with van der Waals surface area (Å²) in [5, 5.41) is 17.0. The number of hydrogen-bond acceptors (Lipinski definition) is 2.